The summed E-state index contributed by atoms with van der Waals surface area (Å²) in [7, 11) is 1.58. The first-order chi connectivity index (χ1) is 10.6. The third-order valence-electron chi connectivity index (χ3n) is 2.90. The zero-order valence-electron chi connectivity index (χ0n) is 11.9. The van der Waals surface area contributed by atoms with Crippen molar-refractivity contribution in [2.45, 2.75) is 0 Å². The fourth-order valence-corrected chi connectivity index (χ4v) is 1.83. The second kappa shape index (κ2) is 7.26. The smallest absolute Gasteiger partial charge is 0.295 e. The van der Waals surface area contributed by atoms with Gasteiger partial charge < -0.3 is 14.8 Å². The summed E-state index contributed by atoms with van der Waals surface area (Å²) >= 11 is 0. The predicted octanol–water partition coefficient (Wildman–Crippen LogP) is 3.23. The third-order valence-corrected chi connectivity index (χ3v) is 2.90. The SMILES string of the molecule is COc1ccc(OCCNc2ccc(F)cc2[N+](=O)[O-])cc1. The highest BCUT2D eigenvalue weighted by molar-refractivity contribution is 5.61. The summed E-state index contributed by atoms with van der Waals surface area (Å²) in [6.45, 7) is 0.652. The van der Waals surface area contributed by atoms with Crippen molar-refractivity contribution in [1.82, 2.24) is 0 Å². The van der Waals surface area contributed by atoms with Crippen LogP contribution in [0.2, 0.25) is 0 Å². The van der Waals surface area contributed by atoms with Crippen LogP contribution in [0.15, 0.2) is 42.5 Å². The molecule has 22 heavy (non-hydrogen) atoms. The fourth-order valence-electron chi connectivity index (χ4n) is 1.83. The Morgan fingerprint density at radius 2 is 1.86 bits per heavy atom. The van der Waals surface area contributed by atoms with Crippen LogP contribution in [0.5, 0.6) is 11.5 Å². The number of rotatable bonds is 7. The summed E-state index contributed by atoms with van der Waals surface area (Å²) in [6, 6.07) is 10.5. The molecule has 0 aliphatic heterocycles. The average Bonchev–Trinajstić information content (AvgIpc) is 2.53. The average molecular weight is 306 g/mol. The first-order valence-electron chi connectivity index (χ1n) is 6.55. The summed E-state index contributed by atoms with van der Waals surface area (Å²) in [5.41, 5.74) is -0.0471. The molecule has 0 saturated heterocycles. The highest BCUT2D eigenvalue weighted by Gasteiger charge is 2.14. The lowest BCUT2D eigenvalue weighted by molar-refractivity contribution is -0.384. The van der Waals surface area contributed by atoms with E-state index in [2.05, 4.69) is 5.32 Å². The van der Waals surface area contributed by atoms with Crippen molar-refractivity contribution in [3.63, 3.8) is 0 Å². The molecule has 0 saturated carbocycles. The maximum atomic E-state index is 13.0. The van der Waals surface area contributed by atoms with Gasteiger partial charge in [0.15, 0.2) is 0 Å². The molecule has 0 atom stereocenters. The van der Waals surface area contributed by atoms with Crippen LogP contribution in [0.1, 0.15) is 0 Å². The van der Waals surface area contributed by atoms with E-state index in [0.29, 0.717) is 18.9 Å². The van der Waals surface area contributed by atoms with Crippen LogP contribution >= 0.6 is 0 Å². The fraction of sp³-hybridized carbons (Fsp3) is 0.200. The molecule has 2 aromatic carbocycles. The largest absolute Gasteiger partial charge is 0.497 e. The minimum absolute atomic E-state index is 0.254. The first kappa shape index (κ1) is 15.6. The minimum Gasteiger partial charge on any atom is -0.497 e. The van der Waals surface area contributed by atoms with Crippen molar-refractivity contribution in [2.75, 3.05) is 25.6 Å². The normalized spacial score (nSPS) is 10.1. The molecule has 0 fully saturated rings. The summed E-state index contributed by atoms with van der Waals surface area (Å²) in [6.07, 6.45) is 0. The Bertz CT molecular complexity index is 646. The van der Waals surface area contributed by atoms with E-state index in [0.717, 1.165) is 11.8 Å². The number of nitrogens with one attached hydrogen (secondary N) is 1. The summed E-state index contributed by atoms with van der Waals surface area (Å²) in [4.78, 5) is 10.2. The monoisotopic (exact) mass is 306 g/mol. The Labute approximate surface area is 126 Å². The minimum atomic E-state index is -0.647. The number of nitrogens with zero attached hydrogens (tertiary/aromatic N) is 1. The molecule has 2 aromatic rings. The molecular weight excluding hydrogens is 291 g/mol. The zero-order valence-corrected chi connectivity index (χ0v) is 11.9. The molecule has 6 nitrogen and oxygen atoms in total. The van der Waals surface area contributed by atoms with Gasteiger partial charge in [0.1, 0.15) is 29.6 Å². The second-order valence-corrected chi connectivity index (χ2v) is 4.37. The van der Waals surface area contributed by atoms with Crippen LogP contribution in [-0.4, -0.2) is 25.2 Å². The molecule has 0 aliphatic rings. The molecule has 0 unspecified atom stereocenters. The number of hydrogen-bond donors (Lipinski definition) is 1. The van der Waals surface area contributed by atoms with Crippen LogP contribution in [-0.2, 0) is 0 Å². The highest BCUT2D eigenvalue weighted by atomic mass is 19.1. The first-order valence-corrected chi connectivity index (χ1v) is 6.55. The van der Waals surface area contributed by atoms with Gasteiger partial charge in [-0.05, 0) is 36.4 Å². The molecule has 2 rings (SSSR count). The van der Waals surface area contributed by atoms with E-state index in [1.807, 2.05) is 0 Å². The van der Waals surface area contributed by atoms with Crippen LogP contribution in [0.25, 0.3) is 0 Å². The number of nitro benzene ring substituents is 1. The van der Waals surface area contributed by atoms with Gasteiger partial charge in [0, 0.05) is 6.54 Å². The van der Waals surface area contributed by atoms with Crippen molar-refractivity contribution >= 4 is 11.4 Å². The third kappa shape index (κ3) is 4.08. The number of methoxy groups -OCH3 is 1. The Morgan fingerprint density at radius 1 is 1.18 bits per heavy atom. The molecule has 0 radical (unpaired) electrons. The molecule has 1 N–H and O–H groups in total. The number of anilines is 1. The van der Waals surface area contributed by atoms with Crippen LogP contribution in [0.3, 0.4) is 0 Å². The lowest BCUT2D eigenvalue weighted by Crippen LogP contribution is -2.12. The number of ether oxygens (including phenoxy) is 2. The quantitative estimate of drug-likeness (QED) is 0.483. The topological polar surface area (TPSA) is 73.6 Å². The van der Waals surface area contributed by atoms with Crippen molar-refractivity contribution in [2.24, 2.45) is 0 Å². The van der Waals surface area contributed by atoms with Crippen molar-refractivity contribution in [1.29, 1.82) is 0 Å². The summed E-state index contributed by atoms with van der Waals surface area (Å²) < 4.78 is 23.5. The van der Waals surface area contributed by atoms with Gasteiger partial charge in [-0.3, -0.25) is 10.1 Å². The Kier molecular flexibility index (Phi) is 5.13. The molecule has 7 heteroatoms. The van der Waals surface area contributed by atoms with Gasteiger partial charge in [-0.1, -0.05) is 0 Å². The molecule has 116 valence electrons. The van der Waals surface area contributed by atoms with Gasteiger partial charge in [-0.15, -0.1) is 0 Å². The van der Waals surface area contributed by atoms with Crippen molar-refractivity contribution < 1.29 is 18.8 Å². The van der Waals surface area contributed by atoms with Gasteiger partial charge in [0.25, 0.3) is 5.69 Å². The van der Waals surface area contributed by atoms with Crippen LogP contribution < -0.4 is 14.8 Å². The maximum absolute atomic E-state index is 13.0. The molecule has 0 aliphatic carbocycles. The standard InChI is InChI=1S/C15H15FN2O4/c1-21-12-3-5-13(6-4-12)22-9-8-17-14-7-2-11(16)10-15(14)18(19)20/h2-7,10,17H,8-9H2,1H3. The van der Waals surface area contributed by atoms with E-state index < -0.39 is 10.7 Å². The van der Waals surface area contributed by atoms with E-state index in [9.17, 15) is 14.5 Å². The Hall–Kier alpha value is -2.83. The summed E-state index contributed by atoms with van der Waals surface area (Å²) in [5.74, 6) is 0.746. The number of hydrogen-bond acceptors (Lipinski definition) is 5. The molecule has 0 heterocycles. The van der Waals surface area contributed by atoms with Crippen molar-refractivity contribution in [3.05, 3.63) is 58.4 Å². The predicted molar refractivity (Wildman–Crippen MR) is 80.0 cm³/mol. The van der Waals surface area contributed by atoms with E-state index in [1.165, 1.54) is 12.1 Å². The van der Waals surface area contributed by atoms with E-state index in [1.54, 1.807) is 31.4 Å². The van der Waals surface area contributed by atoms with Gasteiger partial charge in [-0.2, -0.15) is 0 Å². The lowest BCUT2D eigenvalue weighted by atomic mass is 10.2. The number of halogens is 1. The second-order valence-electron chi connectivity index (χ2n) is 4.37. The van der Waals surface area contributed by atoms with Gasteiger partial charge in [-0.25, -0.2) is 4.39 Å². The molecule has 0 bridgehead atoms. The molecular formula is C15H15FN2O4. The lowest BCUT2D eigenvalue weighted by Gasteiger charge is -2.09. The number of benzene rings is 2. The van der Waals surface area contributed by atoms with Gasteiger partial charge in [0.2, 0.25) is 0 Å². The Balaban J connectivity index is 1.87. The van der Waals surface area contributed by atoms with Gasteiger partial charge in [0.05, 0.1) is 18.1 Å². The van der Waals surface area contributed by atoms with E-state index in [4.69, 9.17) is 9.47 Å². The molecule has 0 spiro atoms. The van der Waals surface area contributed by atoms with E-state index in [-0.39, 0.29) is 11.4 Å². The molecule has 0 aromatic heterocycles. The van der Waals surface area contributed by atoms with Crippen molar-refractivity contribution in [3.8, 4) is 11.5 Å². The Morgan fingerprint density at radius 3 is 2.50 bits per heavy atom. The summed E-state index contributed by atoms with van der Waals surface area (Å²) in [5, 5.41) is 13.7. The van der Waals surface area contributed by atoms with Crippen LogP contribution in [0.4, 0.5) is 15.8 Å². The highest BCUT2D eigenvalue weighted by Crippen LogP contribution is 2.24. The number of nitro groups is 1. The van der Waals surface area contributed by atoms with Gasteiger partial charge >= 0.3 is 0 Å². The van der Waals surface area contributed by atoms with Crippen LogP contribution in [0, 0.1) is 15.9 Å². The van der Waals surface area contributed by atoms with E-state index >= 15 is 0 Å². The zero-order chi connectivity index (χ0) is 15.9. The maximum Gasteiger partial charge on any atom is 0.295 e. The molecule has 0 amide bonds.